The molecule has 0 aromatic heterocycles. The molecule has 0 spiro atoms. The van der Waals surface area contributed by atoms with Gasteiger partial charge < -0.3 is 15.4 Å². The summed E-state index contributed by atoms with van der Waals surface area (Å²) in [7, 11) is -2.88. The molecule has 1 aromatic carbocycles. The normalized spacial score (nSPS) is 24.4. The molecule has 2 saturated heterocycles. The predicted molar refractivity (Wildman–Crippen MR) is 84.0 cm³/mol. The molecule has 22 heavy (non-hydrogen) atoms. The lowest BCUT2D eigenvalue weighted by Gasteiger charge is -2.29. The van der Waals surface area contributed by atoms with Gasteiger partial charge in [0, 0.05) is 31.0 Å². The Kier molecular flexibility index (Phi) is 3.96. The first-order chi connectivity index (χ1) is 10.5. The molecule has 2 fully saturated rings. The van der Waals surface area contributed by atoms with Gasteiger partial charge in [-0.15, -0.1) is 0 Å². The second-order valence-corrected chi connectivity index (χ2v) is 7.81. The maximum Gasteiger partial charge on any atom is 0.414 e. The Labute approximate surface area is 129 Å². The summed E-state index contributed by atoms with van der Waals surface area (Å²) in [4.78, 5) is 15.4. The number of hydrogen-bond donors (Lipinski definition) is 1. The Hall–Kier alpha value is -1.80. The number of nitrogens with two attached hydrogens (primary N) is 1. The molecule has 0 saturated carbocycles. The molecule has 0 unspecified atom stereocenters. The molecule has 1 atom stereocenters. The number of carbonyl (C=O) groups excluding carboxylic acids is 1. The van der Waals surface area contributed by atoms with Crippen LogP contribution in [0.3, 0.4) is 0 Å². The molecule has 2 aliphatic heterocycles. The maximum absolute atomic E-state index is 11.8. The third-order valence-electron chi connectivity index (χ3n) is 4.01. The highest BCUT2D eigenvalue weighted by Gasteiger charge is 2.31. The first-order valence-corrected chi connectivity index (χ1v) is 9.04. The molecule has 2 heterocycles. The average Bonchev–Trinajstić information content (AvgIpc) is 2.89. The van der Waals surface area contributed by atoms with Crippen molar-refractivity contribution in [3.63, 3.8) is 0 Å². The van der Waals surface area contributed by atoms with Gasteiger partial charge in [0.15, 0.2) is 9.84 Å². The number of hydrogen-bond acceptors (Lipinski definition) is 6. The molecule has 0 aliphatic carbocycles. The Balaban J connectivity index is 1.70. The molecule has 0 radical (unpaired) electrons. The molecule has 1 amide bonds. The van der Waals surface area contributed by atoms with E-state index in [1.165, 1.54) is 0 Å². The third-order valence-corrected chi connectivity index (χ3v) is 5.62. The van der Waals surface area contributed by atoms with Gasteiger partial charge in [0.2, 0.25) is 0 Å². The largest absolute Gasteiger partial charge is 0.443 e. The lowest BCUT2D eigenvalue weighted by molar-refractivity contribution is 0.145. The van der Waals surface area contributed by atoms with Gasteiger partial charge in [0.1, 0.15) is 6.10 Å². The molecule has 120 valence electrons. The van der Waals surface area contributed by atoms with E-state index in [9.17, 15) is 13.2 Å². The lowest BCUT2D eigenvalue weighted by atomic mass is 10.2. The Morgan fingerprint density at radius 3 is 2.27 bits per heavy atom. The minimum atomic E-state index is -2.88. The smallest absolute Gasteiger partial charge is 0.414 e. The van der Waals surface area contributed by atoms with E-state index < -0.39 is 9.84 Å². The quantitative estimate of drug-likeness (QED) is 0.854. The van der Waals surface area contributed by atoms with Crippen molar-refractivity contribution >= 4 is 27.3 Å². The summed E-state index contributed by atoms with van der Waals surface area (Å²) in [5, 5.41) is 0. The summed E-state index contributed by atoms with van der Waals surface area (Å²) < 4.78 is 28.0. The van der Waals surface area contributed by atoms with Crippen molar-refractivity contribution in [2.75, 3.05) is 47.5 Å². The molecule has 8 heteroatoms. The second kappa shape index (κ2) is 5.77. The number of cyclic esters (lactones) is 1. The molecule has 0 bridgehead atoms. The third kappa shape index (κ3) is 3.02. The Morgan fingerprint density at radius 2 is 1.73 bits per heavy atom. The fourth-order valence-corrected chi connectivity index (χ4v) is 3.87. The van der Waals surface area contributed by atoms with Gasteiger partial charge in [-0.2, -0.15) is 0 Å². The topological polar surface area (TPSA) is 92.9 Å². The average molecular weight is 325 g/mol. The predicted octanol–water partition coefficient (Wildman–Crippen LogP) is 0.205. The zero-order valence-electron chi connectivity index (χ0n) is 12.1. The number of amides is 1. The van der Waals surface area contributed by atoms with E-state index in [4.69, 9.17) is 10.5 Å². The summed E-state index contributed by atoms with van der Waals surface area (Å²) >= 11 is 0. The van der Waals surface area contributed by atoms with Crippen LogP contribution < -0.4 is 15.5 Å². The molecule has 1 aromatic rings. The molecule has 3 rings (SSSR count). The van der Waals surface area contributed by atoms with Crippen molar-refractivity contribution in [1.82, 2.24) is 0 Å². The summed E-state index contributed by atoms with van der Waals surface area (Å²) in [6.45, 7) is 1.77. The molecule has 2 aliphatic rings. The van der Waals surface area contributed by atoms with Crippen molar-refractivity contribution in [3.8, 4) is 0 Å². The second-order valence-electron chi connectivity index (χ2n) is 5.51. The van der Waals surface area contributed by atoms with Crippen LogP contribution in [0.2, 0.25) is 0 Å². The number of anilines is 2. The van der Waals surface area contributed by atoms with Gasteiger partial charge in [-0.3, -0.25) is 4.90 Å². The van der Waals surface area contributed by atoms with E-state index >= 15 is 0 Å². The van der Waals surface area contributed by atoms with Crippen LogP contribution in [-0.2, 0) is 14.6 Å². The van der Waals surface area contributed by atoms with E-state index in [-0.39, 0.29) is 23.7 Å². The lowest BCUT2D eigenvalue weighted by Crippen LogP contribution is -2.40. The van der Waals surface area contributed by atoms with Gasteiger partial charge >= 0.3 is 6.09 Å². The molecular formula is C14H19N3O4S. The van der Waals surface area contributed by atoms with Gasteiger partial charge in [-0.05, 0) is 24.3 Å². The van der Waals surface area contributed by atoms with Crippen LogP contribution in [-0.4, -0.2) is 58.3 Å². The summed E-state index contributed by atoms with van der Waals surface area (Å²) in [5.41, 5.74) is 7.24. The minimum absolute atomic E-state index is 0.186. The first-order valence-electron chi connectivity index (χ1n) is 7.22. The van der Waals surface area contributed by atoms with Gasteiger partial charge in [0.25, 0.3) is 0 Å². The number of carbonyl (C=O) groups is 1. The minimum Gasteiger partial charge on any atom is -0.443 e. The highest BCUT2D eigenvalue weighted by Crippen LogP contribution is 2.25. The van der Waals surface area contributed by atoms with Crippen LogP contribution in [0, 0.1) is 0 Å². The van der Waals surface area contributed by atoms with E-state index in [2.05, 4.69) is 0 Å². The number of nitrogens with zero attached hydrogens (tertiary/aromatic N) is 2. The monoisotopic (exact) mass is 325 g/mol. The van der Waals surface area contributed by atoms with Crippen molar-refractivity contribution in [2.24, 2.45) is 5.73 Å². The summed E-state index contributed by atoms with van der Waals surface area (Å²) in [5.74, 6) is 0.372. The van der Waals surface area contributed by atoms with E-state index in [1.54, 1.807) is 4.90 Å². The molecule has 7 nitrogen and oxygen atoms in total. The fourth-order valence-electron chi connectivity index (χ4n) is 2.67. The van der Waals surface area contributed by atoms with Gasteiger partial charge in [-0.25, -0.2) is 13.2 Å². The van der Waals surface area contributed by atoms with Crippen LogP contribution in [0.5, 0.6) is 0 Å². The van der Waals surface area contributed by atoms with Crippen molar-refractivity contribution in [1.29, 1.82) is 0 Å². The summed E-state index contributed by atoms with van der Waals surface area (Å²) in [6.07, 6.45) is -0.647. The molecule has 2 N–H and O–H groups in total. The van der Waals surface area contributed by atoms with E-state index in [0.29, 0.717) is 26.2 Å². The first kappa shape index (κ1) is 15.1. The Bertz CT molecular complexity index is 645. The Morgan fingerprint density at radius 1 is 1.14 bits per heavy atom. The van der Waals surface area contributed by atoms with Gasteiger partial charge in [0.05, 0.1) is 18.1 Å². The van der Waals surface area contributed by atoms with Crippen molar-refractivity contribution in [3.05, 3.63) is 24.3 Å². The summed E-state index contributed by atoms with van der Waals surface area (Å²) in [6, 6.07) is 7.49. The highest BCUT2D eigenvalue weighted by molar-refractivity contribution is 7.91. The molecular weight excluding hydrogens is 306 g/mol. The SMILES string of the molecule is NC[C@H]1CN(c2ccc(N3CCS(=O)(=O)CC3)cc2)C(=O)O1. The van der Waals surface area contributed by atoms with Crippen molar-refractivity contribution < 1.29 is 17.9 Å². The number of sulfone groups is 1. The fraction of sp³-hybridized carbons (Fsp3) is 0.500. The van der Waals surface area contributed by atoms with Crippen LogP contribution in [0.1, 0.15) is 0 Å². The zero-order valence-corrected chi connectivity index (χ0v) is 13.0. The zero-order chi connectivity index (χ0) is 15.7. The maximum atomic E-state index is 11.8. The number of benzene rings is 1. The van der Waals surface area contributed by atoms with Crippen LogP contribution in [0.4, 0.5) is 16.2 Å². The van der Waals surface area contributed by atoms with Crippen LogP contribution in [0.15, 0.2) is 24.3 Å². The van der Waals surface area contributed by atoms with Crippen molar-refractivity contribution in [2.45, 2.75) is 6.10 Å². The number of ether oxygens (including phenoxy) is 1. The van der Waals surface area contributed by atoms with Gasteiger partial charge in [-0.1, -0.05) is 0 Å². The highest BCUT2D eigenvalue weighted by atomic mass is 32.2. The standard InChI is InChI=1S/C14H19N3O4S/c15-9-13-10-17(14(18)21-13)12-3-1-11(2-4-12)16-5-7-22(19,20)8-6-16/h1-4,13H,5-10,15H2/t13-/m0/s1. The van der Waals surface area contributed by atoms with Crippen LogP contribution in [0.25, 0.3) is 0 Å². The van der Waals surface area contributed by atoms with Crippen LogP contribution >= 0.6 is 0 Å². The van der Waals surface area contributed by atoms with E-state index in [1.807, 2.05) is 29.2 Å². The number of rotatable bonds is 3. The van der Waals surface area contributed by atoms with E-state index in [0.717, 1.165) is 11.4 Å².